The molecule has 16 heteroatoms. The molecular weight excluding hydrogens is 721 g/mol. The van der Waals surface area contributed by atoms with E-state index < -0.39 is 41.1 Å². The Bertz CT molecular complexity index is 2280. The Morgan fingerprint density at radius 3 is 2.25 bits per heavy atom. The first kappa shape index (κ1) is 35.9. The van der Waals surface area contributed by atoms with Crippen molar-refractivity contribution in [2.75, 3.05) is 67.5 Å². The number of rotatable bonds is 7. The second-order valence-electron chi connectivity index (χ2n) is 15.2. The minimum absolute atomic E-state index is 0.0834. The molecule has 2 aromatic carbocycles. The number of benzene rings is 2. The maximum Gasteiger partial charge on any atom is 0.336 e. The van der Waals surface area contributed by atoms with Crippen LogP contribution in [0.1, 0.15) is 59.2 Å². The molecule has 4 aromatic rings. The molecule has 0 aliphatic carbocycles. The second kappa shape index (κ2) is 14.7. The molecule has 0 radical (unpaired) electrons. The summed E-state index contributed by atoms with van der Waals surface area (Å²) in [4.78, 5) is 82.1. The zero-order chi connectivity index (χ0) is 38.5. The second-order valence-corrected chi connectivity index (χ2v) is 15.2. The number of nitrogens with one attached hydrogen (secondary N) is 2. The van der Waals surface area contributed by atoms with Crippen molar-refractivity contribution in [2.45, 2.75) is 56.7 Å². The van der Waals surface area contributed by atoms with Gasteiger partial charge < -0.3 is 24.4 Å². The lowest BCUT2D eigenvalue weighted by atomic mass is 9.96. The predicted molar refractivity (Wildman–Crippen MR) is 204 cm³/mol. The van der Waals surface area contributed by atoms with Gasteiger partial charge in [-0.3, -0.25) is 34.3 Å². The number of carbonyl (C=O) groups is 4. The maximum atomic E-state index is 14.8. The SMILES string of the molecule is O=C1CCC(N2C(=O)c3cccc(N4CCC(N5CCC(N6CCN(c7ncc(F)c(Nc8ccc9oc(=O)ccc9c8)n7)CC6)CC5)CC4)c3C2=O)C(=O)N1. The lowest BCUT2D eigenvalue weighted by Crippen LogP contribution is -2.55. The van der Waals surface area contributed by atoms with Gasteiger partial charge in [-0.15, -0.1) is 0 Å². The van der Waals surface area contributed by atoms with Gasteiger partial charge in [0.2, 0.25) is 17.8 Å². The Hall–Kier alpha value is -5.74. The van der Waals surface area contributed by atoms with Gasteiger partial charge in [-0.25, -0.2) is 14.2 Å². The van der Waals surface area contributed by atoms with E-state index in [1.807, 2.05) is 6.07 Å². The molecule has 1 unspecified atom stereocenters. The summed E-state index contributed by atoms with van der Waals surface area (Å²) in [5, 5.41) is 6.03. The zero-order valence-corrected chi connectivity index (χ0v) is 30.8. The molecule has 4 amide bonds. The van der Waals surface area contributed by atoms with E-state index in [1.165, 1.54) is 12.3 Å². The highest BCUT2D eigenvalue weighted by Gasteiger charge is 2.46. The molecule has 4 saturated heterocycles. The molecule has 7 heterocycles. The number of piperidine rings is 3. The summed E-state index contributed by atoms with van der Waals surface area (Å²) in [6.45, 7) is 6.75. The van der Waals surface area contributed by atoms with E-state index in [2.05, 4.69) is 40.2 Å². The summed E-state index contributed by atoms with van der Waals surface area (Å²) in [6, 6.07) is 13.4. The van der Waals surface area contributed by atoms with Crippen LogP contribution in [0.25, 0.3) is 11.0 Å². The van der Waals surface area contributed by atoms with Gasteiger partial charge in [0.15, 0.2) is 11.6 Å². The van der Waals surface area contributed by atoms with Crippen molar-refractivity contribution >= 4 is 57.7 Å². The van der Waals surface area contributed by atoms with Gasteiger partial charge in [0, 0.05) is 74.9 Å². The number of carbonyl (C=O) groups excluding carboxylic acids is 4. The number of piperazine rings is 1. The first-order valence-corrected chi connectivity index (χ1v) is 19.4. The zero-order valence-electron chi connectivity index (χ0n) is 30.8. The highest BCUT2D eigenvalue weighted by atomic mass is 19.1. The highest BCUT2D eigenvalue weighted by Crippen LogP contribution is 2.36. The molecule has 1 atom stereocenters. The Labute approximate surface area is 321 Å². The van der Waals surface area contributed by atoms with Crippen molar-refractivity contribution in [1.82, 2.24) is 30.0 Å². The molecule has 15 nitrogen and oxygen atoms in total. The highest BCUT2D eigenvalue weighted by molar-refractivity contribution is 6.25. The Morgan fingerprint density at radius 1 is 0.768 bits per heavy atom. The van der Waals surface area contributed by atoms with E-state index in [-0.39, 0.29) is 18.7 Å². The summed E-state index contributed by atoms with van der Waals surface area (Å²) < 4.78 is 20.0. The molecule has 5 aliphatic heterocycles. The van der Waals surface area contributed by atoms with E-state index in [9.17, 15) is 28.4 Å². The summed E-state index contributed by atoms with van der Waals surface area (Å²) in [7, 11) is 0. The van der Waals surface area contributed by atoms with E-state index in [4.69, 9.17) is 4.42 Å². The Morgan fingerprint density at radius 2 is 1.50 bits per heavy atom. The van der Waals surface area contributed by atoms with Gasteiger partial charge in [-0.05, 0) is 81.6 Å². The molecule has 290 valence electrons. The van der Waals surface area contributed by atoms with Crippen LogP contribution in [0.3, 0.4) is 0 Å². The number of nitrogens with zero attached hydrogens (tertiary/aromatic N) is 7. The third-order valence-electron chi connectivity index (χ3n) is 12.0. The molecule has 0 spiro atoms. The van der Waals surface area contributed by atoms with E-state index in [0.717, 1.165) is 88.6 Å². The summed E-state index contributed by atoms with van der Waals surface area (Å²) in [5.41, 5.74) is 2.03. The average Bonchev–Trinajstić information content (AvgIpc) is 3.47. The Balaban J connectivity index is 0.761. The van der Waals surface area contributed by atoms with Crippen LogP contribution < -0.4 is 26.1 Å². The predicted octanol–water partition coefficient (Wildman–Crippen LogP) is 3.12. The normalized spacial score (nSPS) is 21.9. The number of amides is 4. The molecule has 2 N–H and O–H groups in total. The summed E-state index contributed by atoms with van der Waals surface area (Å²) in [6.07, 6.45) is 5.46. The van der Waals surface area contributed by atoms with Crippen molar-refractivity contribution in [3.05, 3.63) is 82.1 Å². The number of hydrogen-bond acceptors (Lipinski definition) is 13. The third kappa shape index (κ3) is 6.76. The standard InChI is InChI=1S/C40H42FN9O6/c41-29-23-42-40(45-36(29)43-25-5-7-32-24(22-25)4-9-34(52)56-32)49-20-18-47(19-21-49)27-10-14-46(15-11-27)26-12-16-48(17-13-26)30-3-1-2-28-35(30)39(55)50(38(28)54)31-6-8-33(51)44-37(31)53/h1-5,7,9,22-23,26-27,31H,6,8,10-21H2,(H,42,43,45)(H,44,51,53). The van der Waals surface area contributed by atoms with E-state index in [1.54, 1.807) is 36.4 Å². The van der Waals surface area contributed by atoms with Crippen LogP contribution in [0.5, 0.6) is 0 Å². The van der Waals surface area contributed by atoms with Crippen LogP contribution in [0, 0.1) is 5.82 Å². The smallest absolute Gasteiger partial charge is 0.336 e. The fraction of sp³-hybridized carbons (Fsp3) is 0.425. The van der Waals surface area contributed by atoms with Crippen molar-refractivity contribution in [2.24, 2.45) is 0 Å². The number of likely N-dealkylation sites (tertiary alicyclic amines) is 1. The van der Waals surface area contributed by atoms with Gasteiger partial charge in [0.25, 0.3) is 11.8 Å². The topological polar surface area (TPSA) is 165 Å². The number of anilines is 4. The number of hydrogen-bond donors (Lipinski definition) is 2. The monoisotopic (exact) mass is 763 g/mol. The first-order chi connectivity index (χ1) is 27.2. The number of fused-ring (bicyclic) bond motifs is 2. The largest absolute Gasteiger partial charge is 0.423 e. The van der Waals surface area contributed by atoms with Crippen LogP contribution in [0.2, 0.25) is 0 Å². The molecule has 9 rings (SSSR count). The van der Waals surface area contributed by atoms with Crippen LogP contribution in [-0.4, -0.2) is 119 Å². The minimum atomic E-state index is -0.984. The van der Waals surface area contributed by atoms with Crippen LogP contribution in [-0.2, 0) is 9.59 Å². The molecule has 5 aliphatic rings. The van der Waals surface area contributed by atoms with Gasteiger partial charge >= 0.3 is 5.63 Å². The lowest BCUT2D eigenvalue weighted by Gasteiger charge is -2.46. The molecule has 0 bridgehead atoms. The van der Waals surface area contributed by atoms with Gasteiger partial charge in [0.1, 0.15) is 11.6 Å². The lowest BCUT2D eigenvalue weighted by molar-refractivity contribution is -0.136. The Kier molecular flexibility index (Phi) is 9.45. The average molecular weight is 764 g/mol. The van der Waals surface area contributed by atoms with Gasteiger partial charge in [0.05, 0.1) is 23.0 Å². The van der Waals surface area contributed by atoms with Crippen LogP contribution in [0.4, 0.5) is 27.5 Å². The van der Waals surface area contributed by atoms with Crippen LogP contribution >= 0.6 is 0 Å². The fourth-order valence-corrected chi connectivity index (χ4v) is 9.02. The third-order valence-corrected chi connectivity index (χ3v) is 12.0. The van der Waals surface area contributed by atoms with Crippen molar-refractivity contribution < 1.29 is 28.0 Å². The van der Waals surface area contributed by atoms with E-state index in [0.29, 0.717) is 45.8 Å². The van der Waals surface area contributed by atoms with E-state index >= 15 is 0 Å². The van der Waals surface area contributed by atoms with Crippen molar-refractivity contribution in [3.8, 4) is 0 Å². The quantitative estimate of drug-likeness (QED) is 0.209. The number of halogens is 1. The van der Waals surface area contributed by atoms with Crippen molar-refractivity contribution in [3.63, 3.8) is 0 Å². The molecular formula is C40H42FN9O6. The maximum absolute atomic E-state index is 14.8. The number of imide groups is 2. The minimum Gasteiger partial charge on any atom is -0.423 e. The first-order valence-electron chi connectivity index (χ1n) is 19.4. The van der Waals surface area contributed by atoms with Gasteiger partial charge in [-0.2, -0.15) is 4.98 Å². The molecule has 4 fully saturated rings. The molecule has 56 heavy (non-hydrogen) atoms. The molecule has 0 saturated carbocycles. The number of aromatic nitrogens is 2. The van der Waals surface area contributed by atoms with Crippen LogP contribution in [0.15, 0.2) is 63.9 Å². The summed E-state index contributed by atoms with van der Waals surface area (Å²) in [5.74, 6) is -1.95. The van der Waals surface area contributed by atoms with Gasteiger partial charge in [-0.1, -0.05) is 6.07 Å². The van der Waals surface area contributed by atoms with Crippen molar-refractivity contribution in [1.29, 1.82) is 0 Å². The summed E-state index contributed by atoms with van der Waals surface area (Å²) >= 11 is 0. The molecule has 2 aromatic heterocycles. The fourth-order valence-electron chi connectivity index (χ4n) is 9.02.